The van der Waals surface area contributed by atoms with Crippen molar-refractivity contribution in [1.82, 2.24) is 20.1 Å². The maximum Gasteiger partial charge on any atom is 0.153 e. The molecule has 4 nitrogen and oxygen atoms in total. The second-order valence-corrected chi connectivity index (χ2v) is 4.68. The molecule has 0 aromatic carbocycles. The van der Waals surface area contributed by atoms with Crippen LogP contribution < -0.4 is 5.32 Å². The highest BCUT2D eigenvalue weighted by atomic mass is 35.5. The van der Waals surface area contributed by atoms with E-state index in [1.807, 2.05) is 18.2 Å². The van der Waals surface area contributed by atoms with Crippen LogP contribution in [-0.4, -0.2) is 20.8 Å². The molecule has 0 radical (unpaired) electrons. The monoisotopic (exact) mass is 248 g/mol. The van der Waals surface area contributed by atoms with Crippen molar-refractivity contribution in [2.75, 3.05) is 0 Å². The highest BCUT2D eigenvalue weighted by molar-refractivity contribution is 6.30. The van der Waals surface area contributed by atoms with Crippen LogP contribution in [0, 0.1) is 0 Å². The molecule has 88 valence electrons. The summed E-state index contributed by atoms with van der Waals surface area (Å²) in [5.41, 5.74) is 1.03. The second-order valence-electron chi connectivity index (χ2n) is 4.25. The van der Waals surface area contributed by atoms with Crippen molar-refractivity contribution in [3.05, 3.63) is 41.3 Å². The molecule has 2 aromatic heterocycles. The lowest BCUT2D eigenvalue weighted by Gasteiger charge is -2.05. The largest absolute Gasteiger partial charge is 0.308 e. The molecule has 17 heavy (non-hydrogen) atoms. The fourth-order valence-corrected chi connectivity index (χ4v) is 1.79. The third kappa shape index (κ3) is 2.65. The highest BCUT2D eigenvalue weighted by Crippen LogP contribution is 2.19. The van der Waals surface area contributed by atoms with E-state index in [1.54, 1.807) is 17.1 Å². The van der Waals surface area contributed by atoms with Gasteiger partial charge < -0.3 is 5.32 Å². The Kier molecular flexibility index (Phi) is 2.82. The molecule has 1 fully saturated rings. The van der Waals surface area contributed by atoms with E-state index in [4.69, 9.17) is 11.6 Å². The Hall–Kier alpha value is -1.39. The van der Waals surface area contributed by atoms with Gasteiger partial charge in [0.2, 0.25) is 0 Å². The van der Waals surface area contributed by atoms with E-state index in [0.717, 1.165) is 18.1 Å². The molecule has 1 aliphatic carbocycles. The van der Waals surface area contributed by atoms with Crippen LogP contribution in [0.1, 0.15) is 18.5 Å². The standard InChI is InChI=1S/C12H13ClN4/c13-9-6-15-17(8-9)12-3-1-2-11(16-12)7-14-10-4-5-10/h1-3,6,8,10,14H,4-5,7H2. The number of nitrogens with one attached hydrogen (secondary N) is 1. The van der Waals surface area contributed by atoms with E-state index >= 15 is 0 Å². The molecular weight excluding hydrogens is 236 g/mol. The van der Waals surface area contributed by atoms with Gasteiger partial charge in [0, 0.05) is 12.6 Å². The Morgan fingerprint density at radius 1 is 1.41 bits per heavy atom. The summed E-state index contributed by atoms with van der Waals surface area (Å²) in [6, 6.07) is 6.62. The van der Waals surface area contributed by atoms with Crippen LogP contribution in [-0.2, 0) is 6.54 Å². The summed E-state index contributed by atoms with van der Waals surface area (Å²) < 4.78 is 1.68. The first kappa shape index (κ1) is 10.7. The summed E-state index contributed by atoms with van der Waals surface area (Å²) in [5, 5.41) is 8.19. The van der Waals surface area contributed by atoms with Crippen molar-refractivity contribution in [2.24, 2.45) is 0 Å². The van der Waals surface area contributed by atoms with Crippen molar-refractivity contribution in [3.8, 4) is 5.82 Å². The van der Waals surface area contributed by atoms with Crippen molar-refractivity contribution in [3.63, 3.8) is 0 Å². The zero-order valence-corrected chi connectivity index (χ0v) is 10.1. The first-order valence-corrected chi connectivity index (χ1v) is 6.09. The van der Waals surface area contributed by atoms with Crippen molar-refractivity contribution >= 4 is 11.6 Å². The minimum absolute atomic E-state index is 0.619. The zero-order chi connectivity index (χ0) is 11.7. The third-order valence-corrected chi connectivity index (χ3v) is 2.92. The van der Waals surface area contributed by atoms with Gasteiger partial charge in [-0.25, -0.2) is 9.67 Å². The number of aromatic nitrogens is 3. The number of hydrogen-bond acceptors (Lipinski definition) is 3. The molecule has 0 atom stereocenters. The molecule has 0 bridgehead atoms. The van der Waals surface area contributed by atoms with Gasteiger partial charge in [-0.15, -0.1) is 0 Å². The smallest absolute Gasteiger partial charge is 0.153 e. The number of nitrogens with zero attached hydrogens (tertiary/aromatic N) is 3. The minimum atomic E-state index is 0.619. The van der Waals surface area contributed by atoms with Crippen LogP contribution in [0.3, 0.4) is 0 Å². The molecule has 0 unspecified atom stereocenters. The second kappa shape index (κ2) is 4.47. The average Bonchev–Trinajstić information content (AvgIpc) is 3.08. The Morgan fingerprint density at radius 2 is 2.29 bits per heavy atom. The van der Waals surface area contributed by atoms with Gasteiger partial charge in [0.25, 0.3) is 0 Å². The maximum atomic E-state index is 5.84. The molecule has 1 N–H and O–H groups in total. The minimum Gasteiger partial charge on any atom is -0.308 e. The lowest BCUT2D eigenvalue weighted by Crippen LogP contribution is -2.16. The third-order valence-electron chi connectivity index (χ3n) is 2.73. The Bertz CT molecular complexity index is 519. The van der Waals surface area contributed by atoms with Crippen LogP contribution >= 0.6 is 11.6 Å². The van der Waals surface area contributed by atoms with E-state index < -0.39 is 0 Å². The van der Waals surface area contributed by atoms with E-state index in [9.17, 15) is 0 Å². The van der Waals surface area contributed by atoms with Crippen molar-refractivity contribution in [2.45, 2.75) is 25.4 Å². The molecule has 2 heterocycles. The highest BCUT2D eigenvalue weighted by Gasteiger charge is 2.20. The predicted molar refractivity (Wildman–Crippen MR) is 66.2 cm³/mol. The zero-order valence-electron chi connectivity index (χ0n) is 9.31. The summed E-state index contributed by atoms with van der Waals surface area (Å²) in [4.78, 5) is 4.54. The van der Waals surface area contributed by atoms with E-state index in [-0.39, 0.29) is 0 Å². The van der Waals surface area contributed by atoms with Crippen LogP contribution in [0.15, 0.2) is 30.6 Å². The van der Waals surface area contributed by atoms with Gasteiger partial charge in [-0.3, -0.25) is 0 Å². The van der Waals surface area contributed by atoms with Crippen LogP contribution in [0.2, 0.25) is 5.02 Å². The van der Waals surface area contributed by atoms with Gasteiger partial charge in [0.05, 0.1) is 23.1 Å². The summed E-state index contributed by atoms with van der Waals surface area (Å²) in [6.07, 6.45) is 5.93. The maximum absolute atomic E-state index is 5.84. The lowest BCUT2D eigenvalue weighted by atomic mass is 10.3. The van der Waals surface area contributed by atoms with E-state index in [0.29, 0.717) is 11.1 Å². The molecule has 5 heteroatoms. The summed E-state index contributed by atoms with van der Waals surface area (Å²) in [7, 11) is 0. The Labute approximate surface area is 105 Å². The summed E-state index contributed by atoms with van der Waals surface area (Å²) in [6.45, 7) is 0.813. The number of hydrogen-bond donors (Lipinski definition) is 1. The Morgan fingerprint density at radius 3 is 3.00 bits per heavy atom. The van der Waals surface area contributed by atoms with Gasteiger partial charge in [-0.05, 0) is 25.0 Å². The van der Waals surface area contributed by atoms with Gasteiger partial charge in [-0.1, -0.05) is 17.7 Å². The average molecular weight is 249 g/mol. The fraction of sp³-hybridized carbons (Fsp3) is 0.333. The first-order chi connectivity index (χ1) is 8.31. The molecule has 1 aliphatic rings. The van der Waals surface area contributed by atoms with Crippen LogP contribution in [0.25, 0.3) is 5.82 Å². The molecule has 0 spiro atoms. The van der Waals surface area contributed by atoms with Gasteiger partial charge in [-0.2, -0.15) is 5.10 Å². The topological polar surface area (TPSA) is 42.7 Å². The molecule has 2 aromatic rings. The van der Waals surface area contributed by atoms with Crippen LogP contribution in [0.5, 0.6) is 0 Å². The predicted octanol–water partition coefficient (Wildman–Crippen LogP) is 2.17. The number of halogens is 1. The summed E-state index contributed by atoms with van der Waals surface area (Å²) >= 11 is 5.84. The van der Waals surface area contributed by atoms with Gasteiger partial charge in [0.15, 0.2) is 5.82 Å². The van der Waals surface area contributed by atoms with E-state index in [1.165, 1.54) is 12.8 Å². The molecule has 0 saturated heterocycles. The van der Waals surface area contributed by atoms with Crippen molar-refractivity contribution < 1.29 is 0 Å². The molecule has 1 saturated carbocycles. The SMILES string of the molecule is Clc1cnn(-c2cccc(CNC3CC3)n2)c1. The number of pyridine rings is 1. The van der Waals surface area contributed by atoms with Gasteiger partial charge in [0.1, 0.15) is 0 Å². The van der Waals surface area contributed by atoms with Crippen LogP contribution in [0.4, 0.5) is 0 Å². The fourth-order valence-electron chi connectivity index (χ4n) is 1.66. The van der Waals surface area contributed by atoms with E-state index in [2.05, 4.69) is 15.4 Å². The molecule has 0 aliphatic heterocycles. The molecular formula is C12H13ClN4. The van der Waals surface area contributed by atoms with Gasteiger partial charge >= 0.3 is 0 Å². The molecule has 0 amide bonds. The Balaban J connectivity index is 1.77. The molecule has 3 rings (SSSR count). The normalized spacial score (nSPS) is 15.1. The van der Waals surface area contributed by atoms with Crippen molar-refractivity contribution in [1.29, 1.82) is 0 Å². The number of rotatable bonds is 4. The first-order valence-electron chi connectivity index (χ1n) is 5.71. The summed E-state index contributed by atoms with van der Waals surface area (Å²) in [5.74, 6) is 0.798. The lowest BCUT2D eigenvalue weighted by molar-refractivity contribution is 0.670. The quantitative estimate of drug-likeness (QED) is 0.902.